The molecule has 0 bridgehead atoms. The summed E-state index contributed by atoms with van der Waals surface area (Å²) in [5, 5.41) is 12.2. The number of anilines is 1. The lowest BCUT2D eigenvalue weighted by Gasteiger charge is -2.21. The molecule has 1 aliphatic heterocycles. The van der Waals surface area contributed by atoms with E-state index in [4.69, 9.17) is 9.84 Å². The highest BCUT2D eigenvalue weighted by atomic mass is 16.5. The summed E-state index contributed by atoms with van der Waals surface area (Å²) in [5.41, 5.74) is 0.598. The average molecular weight is 236 g/mol. The summed E-state index contributed by atoms with van der Waals surface area (Å²) in [5.74, 6) is -1.02. The highest BCUT2D eigenvalue weighted by molar-refractivity contribution is 5.91. The second kappa shape index (κ2) is 5.14. The first-order valence-electron chi connectivity index (χ1n) is 5.75. The van der Waals surface area contributed by atoms with E-state index in [1.807, 2.05) is 6.92 Å². The minimum atomic E-state index is -1.02. The molecule has 1 saturated heterocycles. The van der Waals surface area contributed by atoms with Gasteiger partial charge in [-0.3, -0.25) is 0 Å². The van der Waals surface area contributed by atoms with Crippen molar-refractivity contribution >= 4 is 11.7 Å². The second-order valence-electron chi connectivity index (χ2n) is 4.19. The van der Waals surface area contributed by atoms with Crippen LogP contribution in [0.1, 0.15) is 30.3 Å². The number of rotatable bonds is 4. The van der Waals surface area contributed by atoms with Crippen molar-refractivity contribution in [1.29, 1.82) is 0 Å². The van der Waals surface area contributed by atoms with Crippen LogP contribution in [-0.2, 0) is 4.74 Å². The fraction of sp³-hybridized carbons (Fsp3) is 0.500. The first kappa shape index (κ1) is 11.9. The van der Waals surface area contributed by atoms with Gasteiger partial charge in [-0.25, -0.2) is 9.78 Å². The van der Waals surface area contributed by atoms with E-state index in [1.165, 1.54) is 6.20 Å². The van der Waals surface area contributed by atoms with Crippen LogP contribution in [0.2, 0.25) is 0 Å². The van der Waals surface area contributed by atoms with Crippen molar-refractivity contribution in [3.8, 4) is 0 Å². The van der Waals surface area contributed by atoms with Gasteiger partial charge in [-0.05, 0) is 31.9 Å². The summed E-state index contributed by atoms with van der Waals surface area (Å²) in [4.78, 5) is 14.8. The molecule has 0 saturated carbocycles. The highest BCUT2D eigenvalue weighted by Crippen LogP contribution is 2.20. The van der Waals surface area contributed by atoms with Crippen molar-refractivity contribution in [2.75, 3.05) is 11.9 Å². The molecule has 1 fully saturated rings. The number of ether oxygens (including phenoxy) is 1. The molecule has 0 aromatic carbocycles. The van der Waals surface area contributed by atoms with Crippen LogP contribution in [0.3, 0.4) is 0 Å². The number of aromatic nitrogens is 1. The number of hydrogen-bond acceptors (Lipinski definition) is 4. The van der Waals surface area contributed by atoms with Crippen LogP contribution < -0.4 is 5.32 Å². The van der Waals surface area contributed by atoms with Gasteiger partial charge in [-0.15, -0.1) is 0 Å². The fourth-order valence-electron chi connectivity index (χ4n) is 2.03. The lowest BCUT2D eigenvalue weighted by molar-refractivity contribution is 0.0690. The Kier molecular flexibility index (Phi) is 3.58. The van der Waals surface area contributed by atoms with E-state index >= 15 is 0 Å². The quantitative estimate of drug-likeness (QED) is 0.833. The van der Waals surface area contributed by atoms with Crippen LogP contribution in [0.4, 0.5) is 5.69 Å². The summed E-state index contributed by atoms with van der Waals surface area (Å²) in [6.07, 6.45) is 3.70. The monoisotopic (exact) mass is 236 g/mol. The minimum Gasteiger partial charge on any atom is -0.476 e. The molecule has 5 heteroatoms. The van der Waals surface area contributed by atoms with E-state index in [0.29, 0.717) is 5.69 Å². The Bertz CT molecular complexity index is 402. The normalized spacial score (nSPS) is 21.1. The van der Waals surface area contributed by atoms with E-state index in [9.17, 15) is 4.79 Å². The number of carboxylic acids is 1. The van der Waals surface area contributed by atoms with Crippen molar-refractivity contribution in [3.63, 3.8) is 0 Å². The lowest BCUT2D eigenvalue weighted by atomic mass is 10.1. The number of carboxylic acid groups (broad SMARTS) is 1. The molecule has 1 aliphatic rings. The largest absolute Gasteiger partial charge is 0.476 e. The average Bonchev–Trinajstić information content (AvgIpc) is 2.83. The Morgan fingerprint density at radius 2 is 2.53 bits per heavy atom. The maximum absolute atomic E-state index is 11.0. The fourth-order valence-corrected chi connectivity index (χ4v) is 2.03. The topological polar surface area (TPSA) is 71.5 Å². The smallest absolute Gasteiger partial charge is 0.356 e. The van der Waals surface area contributed by atoms with Gasteiger partial charge in [-0.2, -0.15) is 0 Å². The highest BCUT2D eigenvalue weighted by Gasteiger charge is 2.23. The molecule has 1 aromatic heterocycles. The van der Waals surface area contributed by atoms with Gasteiger partial charge in [0, 0.05) is 18.8 Å². The van der Waals surface area contributed by atoms with Gasteiger partial charge in [0.25, 0.3) is 0 Å². The molecule has 5 nitrogen and oxygen atoms in total. The van der Waals surface area contributed by atoms with Crippen LogP contribution >= 0.6 is 0 Å². The molecule has 0 amide bonds. The van der Waals surface area contributed by atoms with E-state index in [1.54, 1.807) is 12.1 Å². The third-order valence-electron chi connectivity index (χ3n) is 2.92. The maximum atomic E-state index is 11.0. The molecule has 0 radical (unpaired) electrons. The summed E-state index contributed by atoms with van der Waals surface area (Å²) >= 11 is 0. The Balaban J connectivity index is 2.09. The predicted octanol–water partition coefficient (Wildman–Crippen LogP) is 1.76. The van der Waals surface area contributed by atoms with Crippen molar-refractivity contribution in [3.05, 3.63) is 24.0 Å². The molecule has 92 valence electrons. The molecular weight excluding hydrogens is 220 g/mol. The SMILES string of the molecule is CC(Nc1cccnc1C(=O)O)C1CCCO1. The van der Waals surface area contributed by atoms with E-state index in [2.05, 4.69) is 10.3 Å². The molecule has 17 heavy (non-hydrogen) atoms. The standard InChI is InChI=1S/C12H16N2O3/c1-8(10-5-3-7-17-10)14-9-4-2-6-13-11(9)12(15)16/h2,4,6,8,10,14H,3,5,7H2,1H3,(H,15,16). The van der Waals surface area contributed by atoms with Crippen LogP contribution in [-0.4, -0.2) is 34.8 Å². The molecule has 2 rings (SSSR count). The number of hydrogen-bond donors (Lipinski definition) is 2. The van der Waals surface area contributed by atoms with Gasteiger partial charge in [0.2, 0.25) is 0 Å². The number of pyridine rings is 1. The molecule has 1 aromatic rings. The van der Waals surface area contributed by atoms with Gasteiger partial charge < -0.3 is 15.2 Å². The van der Waals surface area contributed by atoms with Crippen LogP contribution in [0.5, 0.6) is 0 Å². The van der Waals surface area contributed by atoms with Gasteiger partial charge in [-0.1, -0.05) is 0 Å². The zero-order valence-corrected chi connectivity index (χ0v) is 9.72. The number of aromatic carboxylic acids is 1. The molecule has 2 atom stereocenters. The van der Waals surface area contributed by atoms with Gasteiger partial charge >= 0.3 is 5.97 Å². The number of nitrogens with one attached hydrogen (secondary N) is 1. The summed E-state index contributed by atoms with van der Waals surface area (Å²) in [6.45, 7) is 2.78. The van der Waals surface area contributed by atoms with Crippen molar-refractivity contribution in [2.24, 2.45) is 0 Å². The Hall–Kier alpha value is -1.62. The van der Waals surface area contributed by atoms with Gasteiger partial charge in [0.1, 0.15) is 0 Å². The summed E-state index contributed by atoms with van der Waals surface area (Å²) in [7, 11) is 0. The number of carbonyl (C=O) groups is 1. The first-order valence-corrected chi connectivity index (χ1v) is 5.75. The second-order valence-corrected chi connectivity index (χ2v) is 4.19. The van der Waals surface area contributed by atoms with E-state index in [-0.39, 0.29) is 17.8 Å². The van der Waals surface area contributed by atoms with E-state index < -0.39 is 5.97 Å². The van der Waals surface area contributed by atoms with E-state index in [0.717, 1.165) is 19.4 Å². The summed E-state index contributed by atoms with van der Waals surface area (Å²) in [6, 6.07) is 3.53. The van der Waals surface area contributed by atoms with Gasteiger partial charge in [0.05, 0.1) is 11.8 Å². The molecular formula is C12H16N2O3. The number of nitrogens with zero attached hydrogens (tertiary/aromatic N) is 1. The Labute approximate surface area is 99.8 Å². The van der Waals surface area contributed by atoms with Crippen LogP contribution in [0.15, 0.2) is 18.3 Å². The third-order valence-corrected chi connectivity index (χ3v) is 2.92. The van der Waals surface area contributed by atoms with Crippen molar-refractivity contribution in [1.82, 2.24) is 4.98 Å². The molecule has 2 N–H and O–H groups in total. The molecule has 0 aliphatic carbocycles. The minimum absolute atomic E-state index is 0.0531. The van der Waals surface area contributed by atoms with Gasteiger partial charge in [0.15, 0.2) is 5.69 Å². The Morgan fingerprint density at radius 3 is 3.18 bits per heavy atom. The maximum Gasteiger partial charge on any atom is 0.356 e. The summed E-state index contributed by atoms with van der Waals surface area (Å²) < 4.78 is 5.56. The Morgan fingerprint density at radius 1 is 1.71 bits per heavy atom. The predicted molar refractivity (Wildman–Crippen MR) is 63.3 cm³/mol. The van der Waals surface area contributed by atoms with Crippen molar-refractivity contribution in [2.45, 2.75) is 31.9 Å². The molecule has 0 spiro atoms. The van der Waals surface area contributed by atoms with Crippen molar-refractivity contribution < 1.29 is 14.6 Å². The zero-order valence-electron chi connectivity index (χ0n) is 9.72. The lowest BCUT2D eigenvalue weighted by Crippen LogP contribution is -2.30. The third kappa shape index (κ3) is 2.74. The zero-order chi connectivity index (χ0) is 12.3. The first-order chi connectivity index (χ1) is 8.18. The van der Waals surface area contributed by atoms with Crippen LogP contribution in [0, 0.1) is 0 Å². The molecule has 2 heterocycles. The molecule has 2 unspecified atom stereocenters. The van der Waals surface area contributed by atoms with Crippen LogP contribution in [0.25, 0.3) is 0 Å².